The summed E-state index contributed by atoms with van der Waals surface area (Å²) >= 11 is 0. The molecule has 0 unspecified atom stereocenters. The number of benzene rings is 3. The summed E-state index contributed by atoms with van der Waals surface area (Å²) in [5.74, 6) is 0.491. The Hall–Kier alpha value is -2.88. The molecule has 0 spiro atoms. The summed E-state index contributed by atoms with van der Waals surface area (Å²) in [6.07, 6.45) is 0. The number of anilines is 2. The van der Waals surface area contributed by atoms with Crippen LogP contribution in [0.3, 0.4) is 0 Å². The third kappa shape index (κ3) is 3.11. The standard InChI is InChI=1S/C10H9NO.C6H7NO/c11-9-5-1-4-8-7(9)3-2-6-10(8)12;7-5-2-1-3-6(8)4-5/h1-6,12H,11H2;1-4,8H,7H2. The molecule has 0 aliphatic carbocycles. The van der Waals surface area contributed by atoms with E-state index in [1.807, 2.05) is 24.3 Å². The van der Waals surface area contributed by atoms with Crippen LogP contribution in [0.5, 0.6) is 11.5 Å². The quantitative estimate of drug-likeness (QED) is 0.471. The van der Waals surface area contributed by atoms with E-state index in [0.717, 1.165) is 10.8 Å². The molecule has 0 aliphatic rings. The van der Waals surface area contributed by atoms with E-state index in [0.29, 0.717) is 11.4 Å². The number of rotatable bonds is 0. The SMILES string of the molecule is Nc1cccc(O)c1.Nc1cccc2c(O)cccc12. The van der Waals surface area contributed by atoms with Crippen molar-refractivity contribution in [2.75, 3.05) is 11.5 Å². The Kier molecular flexibility index (Phi) is 3.96. The summed E-state index contributed by atoms with van der Waals surface area (Å²) in [7, 11) is 0. The molecule has 0 saturated carbocycles. The first-order valence-electron chi connectivity index (χ1n) is 6.08. The fraction of sp³-hybridized carbons (Fsp3) is 0. The van der Waals surface area contributed by atoms with Gasteiger partial charge in [-0.3, -0.25) is 0 Å². The van der Waals surface area contributed by atoms with E-state index in [-0.39, 0.29) is 11.5 Å². The first-order valence-corrected chi connectivity index (χ1v) is 6.08. The second-order valence-electron chi connectivity index (χ2n) is 4.31. The van der Waals surface area contributed by atoms with E-state index in [4.69, 9.17) is 16.6 Å². The summed E-state index contributed by atoms with van der Waals surface area (Å²) in [4.78, 5) is 0. The van der Waals surface area contributed by atoms with Crippen molar-refractivity contribution in [2.45, 2.75) is 0 Å². The second kappa shape index (κ2) is 5.84. The molecule has 20 heavy (non-hydrogen) atoms. The summed E-state index contributed by atoms with van der Waals surface area (Å²) in [6, 6.07) is 17.3. The molecule has 102 valence electrons. The highest BCUT2D eigenvalue weighted by Crippen LogP contribution is 2.27. The van der Waals surface area contributed by atoms with Crippen molar-refractivity contribution in [2.24, 2.45) is 0 Å². The van der Waals surface area contributed by atoms with Crippen LogP contribution in [0.1, 0.15) is 0 Å². The van der Waals surface area contributed by atoms with Crippen LogP contribution >= 0.6 is 0 Å². The zero-order valence-corrected chi connectivity index (χ0v) is 10.8. The minimum atomic E-state index is 0.213. The van der Waals surface area contributed by atoms with Gasteiger partial charge in [0.05, 0.1) is 0 Å². The number of hydrogen-bond acceptors (Lipinski definition) is 4. The lowest BCUT2D eigenvalue weighted by atomic mass is 10.1. The van der Waals surface area contributed by atoms with Crippen molar-refractivity contribution in [3.05, 3.63) is 60.7 Å². The average Bonchev–Trinajstić information content (AvgIpc) is 2.41. The van der Waals surface area contributed by atoms with Crippen molar-refractivity contribution in [1.82, 2.24) is 0 Å². The lowest BCUT2D eigenvalue weighted by Gasteiger charge is -2.02. The zero-order valence-electron chi connectivity index (χ0n) is 10.8. The largest absolute Gasteiger partial charge is 0.508 e. The van der Waals surface area contributed by atoms with Crippen LogP contribution in [0.2, 0.25) is 0 Å². The molecule has 3 rings (SSSR count). The molecule has 0 bridgehead atoms. The third-order valence-corrected chi connectivity index (χ3v) is 2.80. The predicted octanol–water partition coefficient (Wildman–Crippen LogP) is 3.10. The van der Waals surface area contributed by atoms with Gasteiger partial charge in [-0.2, -0.15) is 0 Å². The van der Waals surface area contributed by atoms with Crippen molar-refractivity contribution in [3.8, 4) is 11.5 Å². The number of nitrogen functional groups attached to an aromatic ring is 2. The van der Waals surface area contributed by atoms with Crippen LogP contribution in [0.15, 0.2) is 60.7 Å². The van der Waals surface area contributed by atoms with Crippen LogP contribution in [0, 0.1) is 0 Å². The monoisotopic (exact) mass is 268 g/mol. The smallest absolute Gasteiger partial charge is 0.123 e. The summed E-state index contributed by atoms with van der Waals surface area (Å²) in [5, 5.41) is 19.9. The Morgan fingerprint density at radius 1 is 0.700 bits per heavy atom. The Morgan fingerprint density at radius 3 is 1.95 bits per heavy atom. The van der Waals surface area contributed by atoms with E-state index in [9.17, 15) is 5.11 Å². The van der Waals surface area contributed by atoms with Gasteiger partial charge < -0.3 is 21.7 Å². The van der Waals surface area contributed by atoms with Gasteiger partial charge in [0.25, 0.3) is 0 Å². The van der Waals surface area contributed by atoms with Gasteiger partial charge >= 0.3 is 0 Å². The van der Waals surface area contributed by atoms with Crippen molar-refractivity contribution < 1.29 is 10.2 Å². The number of hydrogen-bond donors (Lipinski definition) is 4. The van der Waals surface area contributed by atoms with E-state index in [2.05, 4.69) is 0 Å². The van der Waals surface area contributed by atoms with Crippen molar-refractivity contribution >= 4 is 22.1 Å². The molecular formula is C16H16N2O2. The first kappa shape index (κ1) is 13.5. The predicted molar refractivity (Wildman–Crippen MR) is 82.5 cm³/mol. The molecule has 3 aromatic carbocycles. The molecule has 4 nitrogen and oxygen atoms in total. The highest BCUT2D eigenvalue weighted by Gasteiger charge is 1.99. The van der Waals surface area contributed by atoms with E-state index in [1.54, 1.807) is 30.3 Å². The molecule has 0 aliphatic heterocycles. The molecule has 6 N–H and O–H groups in total. The van der Waals surface area contributed by atoms with Crippen LogP contribution in [0.25, 0.3) is 10.8 Å². The number of nitrogens with two attached hydrogens (primary N) is 2. The maximum absolute atomic E-state index is 9.44. The Bertz CT molecular complexity index is 668. The van der Waals surface area contributed by atoms with Gasteiger partial charge in [0.1, 0.15) is 11.5 Å². The minimum Gasteiger partial charge on any atom is -0.508 e. The molecule has 3 aromatic rings. The van der Waals surface area contributed by atoms with Crippen molar-refractivity contribution in [1.29, 1.82) is 0 Å². The lowest BCUT2D eigenvalue weighted by Crippen LogP contribution is -1.85. The Labute approximate surface area is 116 Å². The van der Waals surface area contributed by atoms with Gasteiger partial charge in [-0.25, -0.2) is 0 Å². The zero-order chi connectivity index (χ0) is 14.5. The van der Waals surface area contributed by atoms with Crippen LogP contribution in [-0.2, 0) is 0 Å². The first-order chi connectivity index (χ1) is 9.58. The molecule has 4 heteroatoms. The lowest BCUT2D eigenvalue weighted by molar-refractivity contribution is 0.475. The van der Waals surface area contributed by atoms with Crippen LogP contribution in [0.4, 0.5) is 11.4 Å². The topological polar surface area (TPSA) is 92.5 Å². The second-order valence-corrected chi connectivity index (χ2v) is 4.31. The molecule has 0 atom stereocenters. The minimum absolute atomic E-state index is 0.213. The molecule has 0 fully saturated rings. The molecule has 0 saturated heterocycles. The summed E-state index contributed by atoms with van der Waals surface area (Å²) in [5.41, 5.74) is 12.3. The van der Waals surface area contributed by atoms with E-state index in [1.165, 1.54) is 6.07 Å². The molecule has 0 amide bonds. The molecule has 0 radical (unpaired) electrons. The van der Waals surface area contributed by atoms with Gasteiger partial charge in [0.2, 0.25) is 0 Å². The Balaban J connectivity index is 0.000000160. The Morgan fingerprint density at radius 2 is 1.35 bits per heavy atom. The van der Waals surface area contributed by atoms with Gasteiger partial charge in [-0.05, 0) is 24.3 Å². The number of phenols is 2. The van der Waals surface area contributed by atoms with Gasteiger partial charge in [0, 0.05) is 28.2 Å². The van der Waals surface area contributed by atoms with Gasteiger partial charge in [-0.15, -0.1) is 0 Å². The fourth-order valence-corrected chi connectivity index (χ4v) is 1.84. The van der Waals surface area contributed by atoms with Gasteiger partial charge in [-0.1, -0.05) is 30.3 Å². The highest BCUT2D eigenvalue weighted by molar-refractivity contribution is 5.96. The number of aromatic hydroxyl groups is 2. The normalized spacial score (nSPS) is 9.80. The maximum atomic E-state index is 9.44. The van der Waals surface area contributed by atoms with Crippen LogP contribution < -0.4 is 11.5 Å². The average molecular weight is 268 g/mol. The third-order valence-electron chi connectivity index (χ3n) is 2.80. The molecule has 0 heterocycles. The fourth-order valence-electron chi connectivity index (χ4n) is 1.84. The van der Waals surface area contributed by atoms with Gasteiger partial charge in [0.15, 0.2) is 0 Å². The number of fused-ring (bicyclic) bond motifs is 1. The summed E-state index contributed by atoms with van der Waals surface area (Å²) in [6.45, 7) is 0. The van der Waals surface area contributed by atoms with E-state index < -0.39 is 0 Å². The number of phenolic OH excluding ortho intramolecular Hbond substituents is 2. The molecular weight excluding hydrogens is 252 g/mol. The van der Waals surface area contributed by atoms with E-state index >= 15 is 0 Å². The highest BCUT2D eigenvalue weighted by atomic mass is 16.3. The van der Waals surface area contributed by atoms with Crippen molar-refractivity contribution in [3.63, 3.8) is 0 Å². The van der Waals surface area contributed by atoms with Crippen LogP contribution in [-0.4, -0.2) is 10.2 Å². The molecule has 0 aromatic heterocycles. The summed E-state index contributed by atoms with van der Waals surface area (Å²) < 4.78 is 0. The maximum Gasteiger partial charge on any atom is 0.123 e.